The summed E-state index contributed by atoms with van der Waals surface area (Å²) in [4.78, 5) is 21.8. The van der Waals surface area contributed by atoms with E-state index in [1.54, 1.807) is 7.11 Å². The number of ether oxygens (including phenoxy) is 1. The summed E-state index contributed by atoms with van der Waals surface area (Å²) in [6, 6.07) is 14.9. The molecule has 7 heteroatoms. The molecule has 0 unspecified atom stereocenters. The van der Waals surface area contributed by atoms with Gasteiger partial charge in [0.15, 0.2) is 0 Å². The number of hydrogen-bond donors (Lipinski definition) is 0. The van der Waals surface area contributed by atoms with Gasteiger partial charge in [-0.25, -0.2) is 4.39 Å². The molecular formula is C25H33FN4O2. The first-order chi connectivity index (χ1) is 15.6. The molecule has 2 fully saturated rings. The summed E-state index contributed by atoms with van der Waals surface area (Å²) in [5.74, 6) is 0.891. The minimum absolute atomic E-state index is 0.208. The Morgan fingerprint density at radius 2 is 1.53 bits per heavy atom. The zero-order chi connectivity index (χ0) is 22.3. The molecule has 6 nitrogen and oxygen atoms in total. The lowest BCUT2D eigenvalue weighted by Crippen LogP contribution is -2.51. The number of anilines is 1. The molecule has 0 radical (unpaired) electrons. The lowest BCUT2D eigenvalue weighted by molar-refractivity contribution is -0.134. The van der Waals surface area contributed by atoms with E-state index in [2.05, 4.69) is 26.8 Å². The number of carbonyl (C=O) groups excluding carboxylic acids is 1. The van der Waals surface area contributed by atoms with E-state index in [1.807, 2.05) is 29.2 Å². The average Bonchev–Trinajstić information content (AvgIpc) is 3.06. The summed E-state index contributed by atoms with van der Waals surface area (Å²) in [5.41, 5.74) is 2.31. The summed E-state index contributed by atoms with van der Waals surface area (Å²) in [5, 5.41) is 0. The monoisotopic (exact) mass is 440 g/mol. The third-order valence-corrected chi connectivity index (χ3v) is 6.43. The van der Waals surface area contributed by atoms with Crippen LogP contribution in [0.1, 0.15) is 12.0 Å². The average molecular weight is 441 g/mol. The van der Waals surface area contributed by atoms with Crippen LogP contribution in [-0.2, 0) is 11.3 Å². The van der Waals surface area contributed by atoms with Gasteiger partial charge in [-0.3, -0.25) is 14.6 Å². The quantitative estimate of drug-likeness (QED) is 0.691. The molecule has 2 aromatic rings. The fourth-order valence-electron chi connectivity index (χ4n) is 4.47. The van der Waals surface area contributed by atoms with Crippen LogP contribution in [0.5, 0.6) is 5.75 Å². The predicted octanol–water partition coefficient (Wildman–Crippen LogP) is 2.69. The van der Waals surface area contributed by atoms with E-state index in [9.17, 15) is 9.18 Å². The molecular weight excluding hydrogens is 407 g/mol. The molecule has 0 spiro atoms. The number of rotatable bonds is 6. The van der Waals surface area contributed by atoms with Crippen LogP contribution in [0.25, 0.3) is 0 Å². The highest BCUT2D eigenvalue weighted by atomic mass is 19.1. The molecule has 2 saturated heterocycles. The largest absolute Gasteiger partial charge is 0.497 e. The minimum atomic E-state index is -0.208. The SMILES string of the molecule is COc1ccc(CN2CCN(C(=O)CN3CCCN(c4ccc(F)cc4)CC3)CC2)cc1. The lowest BCUT2D eigenvalue weighted by atomic mass is 10.2. The molecule has 0 N–H and O–H groups in total. The Morgan fingerprint density at radius 3 is 2.22 bits per heavy atom. The molecule has 2 aliphatic heterocycles. The van der Waals surface area contributed by atoms with Crippen LogP contribution in [0.15, 0.2) is 48.5 Å². The van der Waals surface area contributed by atoms with Gasteiger partial charge in [0.25, 0.3) is 0 Å². The van der Waals surface area contributed by atoms with Crippen LogP contribution in [0, 0.1) is 5.82 Å². The van der Waals surface area contributed by atoms with E-state index in [1.165, 1.54) is 17.7 Å². The van der Waals surface area contributed by atoms with Crippen LogP contribution >= 0.6 is 0 Å². The molecule has 2 aromatic carbocycles. The number of benzene rings is 2. The van der Waals surface area contributed by atoms with Gasteiger partial charge in [-0.05, 0) is 48.4 Å². The number of methoxy groups -OCH3 is 1. The Labute approximate surface area is 190 Å². The second-order valence-electron chi connectivity index (χ2n) is 8.60. The van der Waals surface area contributed by atoms with Gasteiger partial charge in [0.1, 0.15) is 11.6 Å². The van der Waals surface area contributed by atoms with Gasteiger partial charge in [0.05, 0.1) is 13.7 Å². The maximum Gasteiger partial charge on any atom is 0.236 e. The fraction of sp³-hybridized carbons (Fsp3) is 0.480. The zero-order valence-electron chi connectivity index (χ0n) is 18.9. The van der Waals surface area contributed by atoms with Crippen molar-refractivity contribution >= 4 is 11.6 Å². The highest BCUT2D eigenvalue weighted by Crippen LogP contribution is 2.18. The third kappa shape index (κ3) is 5.99. The summed E-state index contributed by atoms with van der Waals surface area (Å²) >= 11 is 0. The van der Waals surface area contributed by atoms with Crippen molar-refractivity contribution in [1.82, 2.24) is 14.7 Å². The van der Waals surface area contributed by atoms with Gasteiger partial charge in [-0.15, -0.1) is 0 Å². The van der Waals surface area contributed by atoms with Crippen LogP contribution < -0.4 is 9.64 Å². The molecule has 2 heterocycles. The Kier molecular flexibility index (Phi) is 7.60. The molecule has 0 bridgehead atoms. The fourth-order valence-corrected chi connectivity index (χ4v) is 4.47. The van der Waals surface area contributed by atoms with Crippen LogP contribution in [-0.4, -0.2) is 86.6 Å². The molecule has 4 rings (SSSR count). The summed E-state index contributed by atoms with van der Waals surface area (Å²) in [6.45, 7) is 8.30. The van der Waals surface area contributed by atoms with E-state index in [-0.39, 0.29) is 11.7 Å². The van der Waals surface area contributed by atoms with Gasteiger partial charge < -0.3 is 14.5 Å². The normalized spacial score (nSPS) is 18.4. The Balaban J connectivity index is 1.21. The molecule has 0 atom stereocenters. The van der Waals surface area contributed by atoms with Crippen LogP contribution in [0.2, 0.25) is 0 Å². The second kappa shape index (κ2) is 10.8. The van der Waals surface area contributed by atoms with E-state index < -0.39 is 0 Å². The number of nitrogens with zero attached hydrogens (tertiary/aromatic N) is 4. The van der Waals surface area contributed by atoms with Gasteiger partial charge in [-0.2, -0.15) is 0 Å². The van der Waals surface area contributed by atoms with Crippen molar-refractivity contribution in [2.45, 2.75) is 13.0 Å². The lowest BCUT2D eigenvalue weighted by Gasteiger charge is -2.35. The molecule has 1 amide bonds. The zero-order valence-corrected chi connectivity index (χ0v) is 18.9. The molecule has 2 aliphatic rings. The number of halogens is 1. The van der Waals surface area contributed by atoms with Crippen LogP contribution in [0.4, 0.5) is 10.1 Å². The Morgan fingerprint density at radius 1 is 0.844 bits per heavy atom. The summed E-state index contributed by atoms with van der Waals surface area (Å²) in [6.07, 6.45) is 1.00. The number of carbonyl (C=O) groups is 1. The van der Waals surface area contributed by atoms with E-state index in [4.69, 9.17) is 4.74 Å². The van der Waals surface area contributed by atoms with Crippen molar-refractivity contribution in [2.75, 3.05) is 70.9 Å². The summed E-state index contributed by atoms with van der Waals surface area (Å²) < 4.78 is 18.4. The van der Waals surface area contributed by atoms with Gasteiger partial charge in [0.2, 0.25) is 5.91 Å². The standard InChI is InChI=1S/C25H33FN4O2/c1-32-24-9-3-21(4-10-24)19-28-14-17-30(18-15-28)25(31)20-27-11-2-12-29(16-13-27)23-7-5-22(26)6-8-23/h3-10H,2,11-20H2,1H3. The maximum absolute atomic E-state index is 13.2. The van der Waals surface area contributed by atoms with Crippen molar-refractivity contribution in [3.63, 3.8) is 0 Å². The van der Waals surface area contributed by atoms with E-state index >= 15 is 0 Å². The van der Waals surface area contributed by atoms with Crippen molar-refractivity contribution in [3.05, 3.63) is 59.9 Å². The Hall–Kier alpha value is -2.64. The van der Waals surface area contributed by atoms with Crippen molar-refractivity contribution < 1.29 is 13.9 Å². The van der Waals surface area contributed by atoms with Crippen molar-refractivity contribution in [2.24, 2.45) is 0 Å². The maximum atomic E-state index is 13.2. The molecule has 0 saturated carbocycles. The second-order valence-corrected chi connectivity index (χ2v) is 8.60. The first kappa shape index (κ1) is 22.6. The third-order valence-electron chi connectivity index (χ3n) is 6.43. The Bertz CT molecular complexity index is 867. The first-order valence-electron chi connectivity index (χ1n) is 11.5. The topological polar surface area (TPSA) is 39.3 Å². The highest BCUT2D eigenvalue weighted by Gasteiger charge is 2.24. The molecule has 0 aromatic heterocycles. The minimum Gasteiger partial charge on any atom is -0.497 e. The van der Waals surface area contributed by atoms with Crippen molar-refractivity contribution in [1.29, 1.82) is 0 Å². The van der Waals surface area contributed by atoms with Gasteiger partial charge in [-0.1, -0.05) is 12.1 Å². The van der Waals surface area contributed by atoms with Gasteiger partial charge in [0, 0.05) is 64.6 Å². The summed E-state index contributed by atoms with van der Waals surface area (Å²) in [7, 11) is 1.68. The highest BCUT2D eigenvalue weighted by molar-refractivity contribution is 5.78. The first-order valence-corrected chi connectivity index (χ1v) is 11.5. The van der Waals surface area contributed by atoms with Gasteiger partial charge >= 0.3 is 0 Å². The predicted molar refractivity (Wildman–Crippen MR) is 125 cm³/mol. The van der Waals surface area contributed by atoms with E-state index in [0.29, 0.717) is 6.54 Å². The molecule has 172 valence electrons. The molecule has 0 aliphatic carbocycles. The van der Waals surface area contributed by atoms with Crippen LogP contribution in [0.3, 0.4) is 0 Å². The van der Waals surface area contributed by atoms with Crippen molar-refractivity contribution in [3.8, 4) is 5.75 Å². The smallest absolute Gasteiger partial charge is 0.236 e. The molecule has 32 heavy (non-hydrogen) atoms. The van der Waals surface area contributed by atoms with E-state index in [0.717, 1.165) is 76.8 Å². The number of piperazine rings is 1. The number of hydrogen-bond acceptors (Lipinski definition) is 5. The number of amides is 1.